The van der Waals surface area contributed by atoms with Gasteiger partial charge in [-0.2, -0.15) is 0 Å². The van der Waals surface area contributed by atoms with Gasteiger partial charge in [0.25, 0.3) is 0 Å². The summed E-state index contributed by atoms with van der Waals surface area (Å²) in [6.45, 7) is 7.16. The van der Waals surface area contributed by atoms with Crippen LogP contribution in [0.3, 0.4) is 0 Å². The molecule has 160 valence electrons. The first-order chi connectivity index (χ1) is 13.2. The Labute approximate surface area is 170 Å². The first-order valence-electron chi connectivity index (χ1n) is 11.7. The summed E-state index contributed by atoms with van der Waals surface area (Å²) in [5, 5.41) is 30.5. The van der Waals surface area contributed by atoms with E-state index in [9.17, 15) is 15.0 Å². The molecule has 10 atom stereocenters. The fraction of sp³-hybridized carbons (Fsp3) is 0.958. The van der Waals surface area contributed by atoms with Gasteiger partial charge in [-0.1, -0.05) is 20.8 Å². The van der Waals surface area contributed by atoms with Crippen LogP contribution in [0.25, 0.3) is 0 Å². The van der Waals surface area contributed by atoms with Crippen molar-refractivity contribution in [3.63, 3.8) is 0 Å². The van der Waals surface area contributed by atoms with E-state index in [1.807, 2.05) is 0 Å². The third-order valence-corrected chi connectivity index (χ3v) is 10.2. The molecule has 0 aromatic carbocycles. The molecule has 0 amide bonds. The highest BCUT2D eigenvalue weighted by Crippen LogP contribution is 2.68. The average molecular weight is 393 g/mol. The number of aliphatic hydroxyl groups is 2. The largest absolute Gasteiger partial charge is 0.481 e. The predicted molar refractivity (Wildman–Crippen MR) is 109 cm³/mol. The van der Waals surface area contributed by atoms with E-state index in [4.69, 9.17) is 5.11 Å². The lowest BCUT2D eigenvalue weighted by atomic mass is 9.43. The Morgan fingerprint density at radius 2 is 1.68 bits per heavy atom. The minimum absolute atomic E-state index is 0.179. The van der Waals surface area contributed by atoms with Gasteiger partial charge in [-0.3, -0.25) is 4.79 Å². The number of carbonyl (C=O) groups is 1. The third kappa shape index (κ3) is 3.14. The fourth-order valence-electron chi connectivity index (χ4n) is 8.73. The van der Waals surface area contributed by atoms with E-state index in [1.165, 1.54) is 25.7 Å². The molecule has 4 fully saturated rings. The Morgan fingerprint density at radius 3 is 2.39 bits per heavy atom. The van der Waals surface area contributed by atoms with Crippen molar-refractivity contribution >= 4 is 5.97 Å². The minimum atomic E-state index is -0.684. The Hall–Kier alpha value is -0.610. The maximum atomic E-state index is 11.2. The number of hydrogen-bond donors (Lipinski definition) is 3. The van der Waals surface area contributed by atoms with Gasteiger partial charge >= 0.3 is 5.97 Å². The summed E-state index contributed by atoms with van der Waals surface area (Å²) < 4.78 is 0. The molecule has 0 radical (unpaired) electrons. The summed E-state index contributed by atoms with van der Waals surface area (Å²) in [6.07, 6.45) is 9.19. The first kappa shape index (κ1) is 20.7. The molecule has 4 rings (SSSR count). The van der Waals surface area contributed by atoms with Gasteiger partial charge < -0.3 is 15.3 Å². The topological polar surface area (TPSA) is 77.8 Å². The molecule has 0 aromatic heterocycles. The minimum Gasteiger partial charge on any atom is -0.481 e. The first-order valence-corrected chi connectivity index (χ1v) is 11.7. The second-order valence-corrected chi connectivity index (χ2v) is 11.4. The van der Waals surface area contributed by atoms with Crippen LogP contribution in [0.5, 0.6) is 0 Å². The van der Waals surface area contributed by atoms with Gasteiger partial charge in [0.15, 0.2) is 0 Å². The number of fused-ring (bicyclic) bond motifs is 5. The van der Waals surface area contributed by atoms with Gasteiger partial charge in [0, 0.05) is 6.42 Å². The molecule has 0 saturated heterocycles. The molecule has 4 heteroatoms. The van der Waals surface area contributed by atoms with Crippen LogP contribution in [-0.2, 0) is 4.79 Å². The summed E-state index contributed by atoms with van der Waals surface area (Å²) in [6, 6.07) is 0. The smallest absolute Gasteiger partial charge is 0.303 e. The van der Waals surface area contributed by atoms with Crippen LogP contribution < -0.4 is 0 Å². The van der Waals surface area contributed by atoms with Crippen LogP contribution >= 0.6 is 0 Å². The van der Waals surface area contributed by atoms with Gasteiger partial charge in [0.2, 0.25) is 0 Å². The van der Waals surface area contributed by atoms with Crippen LogP contribution in [0.4, 0.5) is 0 Å². The zero-order valence-corrected chi connectivity index (χ0v) is 17.9. The Balaban J connectivity index is 1.55. The highest BCUT2D eigenvalue weighted by atomic mass is 16.4. The molecule has 0 heterocycles. The van der Waals surface area contributed by atoms with Crippen LogP contribution in [0, 0.1) is 46.3 Å². The number of aliphatic hydroxyl groups excluding tert-OH is 2. The molecule has 0 aromatic rings. The molecule has 1 unspecified atom stereocenters. The highest BCUT2D eigenvalue weighted by Gasteiger charge is 2.62. The maximum absolute atomic E-state index is 11.2. The number of carboxylic acids is 1. The van der Waals surface area contributed by atoms with E-state index >= 15 is 0 Å². The lowest BCUT2D eigenvalue weighted by molar-refractivity contribution is -0.174. The molecule has 4 aliphatic rings. The van der Waals surface area contributed by atoms with Crippen molar-refractivity contribution in [2.75, 3.05) is 0 Å². The molecule has 0 bridgehead atoms. The van der Waals surface area contributed by atoms with E-state index in [2.05, 4.69) is 20.8 Å². The monoisotopic (exact) mass is 392 g/mol. The van der Waals surface area contributed by atoms with Gasteiger partial charge in [-0.05, 0) is 104 Å². The van der Waals surface area contributed by atoms with Gasteiger partial charge in [0.05, 0.1) is 12.2 Å². The molecule has 28 heavy (non-hydrogen) atoms. The summed E-state index contributed by atoms with van der Waals surface area (Å²) in [4.78, 5) is 11.1. The predicted octanol–water partition coefficient (Wildman–Crippen LogP) is 4.48. The highest BCUT2D eigenvalue weighted by molar-refractivity contribution is 5.66. The molecule has 4 aliphatic carbocycles. The van der Waals surface area contributed by atoms with E-state index in [1.54, 1.807) is 0 Å². The Morgan fingerprint density at radius 1 is 1.00 bits per heavy atom. The fourth-order valence-corrected chi connectivity index (χ4v) is 8.73. The second-order valence-electron chi connectivity index (χ2n) is 11.4. The van der Waals surface area contributed by atoms with Crippen molar-refractivity contribution in [1.29, 1.82) is 0 Å². The normalized spacial score (nSPS) is 51.7. The number of rotatable bonds is 4. The number of carboxylic acid groups (broad SMARTS) is 1. The average Bonchev–Trinajstić information content (AvgIpc) is 2.98. The van der Waals surface area contributed by atoms with E-state index in [0.717, 1.165) is 32.1 Å². The van der Waals surface area contributed by atoms with Crippen molar-refractivity contribution in [3.05, 3.63) is 0 Å². The summed E-state index contributed by atoms with van der Waals surface area (Å²) in [5.74, 6) is 2.36. The quantitative estimate of drug-likeness (QED) is 0.659. The van der Waals surface area contributed by atoms with Crippen molar-refractivity contribution in [2.24, 2.45) is 46.3 Å². The molecule has 4 saturated carbocycles. The van der Waals surface area contributed by atoms with Crippen molar-refractivity contribution < 1.29 is 20.1 Å². The van der Waals surface area contributed by atoms with Gasteiger partial charge in [-0.15, -0.1) is 0 Å². The summed E-state index contributed by atoms with van der Waals surface area (Å²) in [7, 11) is 0. The van der Waals surface area contributed by atoms with Gasteiger partial charge in [0.1, 0.15) is 0 Å². The zero-order valence-electron chi connectivity index (χ0n) is 17.9. The van der Waals surface area contributed by atoms with Crippen LogP contribution in [-0.4, -0.2) is 33.5 Å². The number of aliphatic carboxylic acids is 1. The summed E-state index contributed by atoms with van der Waals surface area (Å²) >= 11 is 0. The number of hydrogen-bond acceptors (Lipinski definition) is 3. The van der Waals surface area contributed by atoms with Crippen LogP contribution in [0.1, 0.15) is 85.0 Å². The van der Waals surface area contributed by atoms with Gasteiger partial charge in [-0.25, -0.2) is 0 Å². The Kier molecular flexibility index (Phi) is 5.36. The third-order valence-electron chi connectivity index (χ3n) is 10.2. The maximum Gasteiger partial charge on any atom is 0.303 e. The summed E-state index contributed by atoms with van der Waals surface area (Å²) in [5.41, 5.74) is 0.523. The molecule has 0 spiro atoms. The van der Waals surface area contributed by atoms with E-state index in [0.29, 0.717) is 35.5 Å². The molecular formula is C24H40O4. The molecule has 4 nitrogen and oxygen atoms in total. The van der Waals surface area contributed by atoms with E-state index in [-0.39, 0.29) is 29.5 Å². The molecule has 3 N–H and O–H groups in total. The lowest BCUT2D eigenvalue weighted by Gasteiger charge is -2.62. The van der Waals surface area contributed by atoms with Crippen molar-refractivity contribution in [3.8, 4) is 0 Å². The standard InChI is InChI=1S/C24H40O4/c1-14(4-7-21(27)28)17-5-6-18-22-19(9-11-24(17,18)3)23(2)10-8-16(25)12-15(23)13-20(22)26/h14-20,22,25-26H,4-13H2,1-3H3,(H,27,28)/t14-,15?,16+,17+,18+,19+,20-,22-,23-,24+/m0/s1. The van der Waals surface area contributed by atoms with E-state index < -0.39 is 5.97 Å². The van der Waals surface area contributed by atoms with Crippen LogP contribution in [0.2, 0.25) is 0 Å². The zero-order chi connectivity index (χ0) is 20.3. The van der Waals surface area contributed by atoms with Crippen LogP contribution in [0.15, 0.2) is 0 Å². The Bertz CT molecular complexity index is 605. The second kappa shape index (κ2) is 7.27. The van der Waals surface area contributed by atoms with Crippen molar-refractivity contribution in [1.82, 2.24) is 0 Å². The SMILES string of the molecule is C[C@@H](CCC(=O)O)[C@H]1CC[C@@H]2[C@H]3[C@@H](CC[C@@]21C)[C@@]1(C)CC[C@@H](O)CC1C[C@@H]3O. The van der Waals surface area contributed by atoms with Crippen molar-refractivity contribution in [2.45, 2.75) is 97.2 Å². The molecule has 0 aliphatic heterocycles. The lowest BCUT2D eigenvalue weighted by Crippen LogP contribution is -2.58. The molecular weight excluding hydrogens is 352 g/mol.